The zero-order valence-corrected chi connectivity index (χ0v) is 9.05. The second kappa shape index (κ2) is 6.44. The number of hydrogen-bond donors (Lipinski definition) is 3. The Labute approximate surface area is 97.6 Å². The third-order valence-corrected chi connectivity index (χ3v) is 1.82. The van der Waals surface area contributed by atoms with E-state index < -0.39 is 11.9 Å². The van der Waals surface area contributed by atoms with Crippen LogP contribution in [0.3, 0.4) is 0 Å². The van der Waals surface area contributed by atoms with Crippen molar-refractivity contribution in [1.82, 2.24) is 4.98 Å². The summed E-state index contributed by atoms with van der Waals surface area (Å²) in [4.78, 5) is 25.0. The molecule has 0 unspecified atom stereocenters. The van der Waals surface area contributed by atoms with Gasteiger partial charge in [-0.2, -0.15) is 0 Å². The summed E-state index contributed by atoms with van der Waals surface area (Å²) < 4.78 is 4.81. The molecule has 0 aromatic carbocycles. The summed E-state index contributed by atoms with van der Waals surface area (Å²) in [5.74, 6) is -1.06. The molecule has 1 rings (SSSR count). The first-order chi connectivity index (χ1) is 8.09. The largest absolute Gasteiger partial charge is 0.480 e. The fraction of sp³-hybridized carbons (Fsp3) is 0.300. The van der Waals surface area contributed by atoms with E-state index in [-0.39, 0.29) is 13.2 Å². The zero-order valence-electron chi connectivity index (χ0n) is 9.05. The van der Waals surface area contributed by atoms with Crippen molar-refractivity contribution >= 4 is 17.7 Å². The molecule has 0 aliphatic heterocycles. The van der Waals surface area contributed by atoms with Crippen molar-refractivity contribution in [3.05, 3.63) is 23.9 Å². The number of carbonyl (C=O) groups excluding carboxylic acids is 1. The van der Waals surface area contributed by atoms with Crippen LogP contribution in [0.25, 0.3) is 0 Å². The molecule has 0 bridgehead atoms. The summed E-state index contributed by atoms with van der Waals surface area (Å²) in [5, 5.41) is 11.2. The minimum absolute atomic E-state index is 0.231. The summed E-state index contributed by atoms with van der Waals surface area (Å²) in [7, 11) is 0. The van der Waals surface area contributed by atoms with Crippen LogP contribution in [0.2, 0.25) is 0 Å². The first kappa shape index (κ1) is 12.9. The van der Waals surface area contributed by atoms with Crippen LogP contribution in [0.5, 0.6) is 0 Å². The molecule has 0 spiro atoms. The molecule has 1 heterocycles. The van der Waals surface area contributed by atoms with Crippen LogP contribution in [0.4, 0.5) is 5.82 Å². The van der Waals surface area contributed by atoms with Gasteiger partial charge in [-0.15, -0.1) is 0 Å². The number of carbonyl (C=O) groups is 2. The molecule has 1 aromatic heterocycles. The highest BCUT2D eigenvalue weighted by atomic mass is 16.5. The van der Waals surface area contributed by atoms with E-state index in [0.717, 1.165) is 0 Å². The summed E-state index contributed by atoms with van der Waals surface area (Å²) in [5.41, 5.74) is 5.46. The smallest absolute Gasteiger partial charge is 0.329 e. The summed E-state index contributed by atoms with van der Waals surface area (Å²) in [6.45, 7) is 0.285. The second-order valence-corrected chi connectivity index (χ2v) is 3.17. The lowest BCUT2D eigenvalue weighted by atomic mass is 10.2. The standard InChI is InChI=1S/C10H13N3O4/c11-10(16)7-1-2-12-8(5-7)13-3-4-17-6-9(14)15/h1-2,5H,3-4,6H2,(H2,11,16)(H,12,13)(H,14,15). The number of anilines is 1. The Morgan fingerprint density at radius 1 is 1.53 bits per heavy atom. The van der Waals surface area contributed by atoms with E-state index in [9.17, 15) is 9.59 Å². The maximum absolute atomic E-state index is 10.9. The number of aliphatic carboxylic acids is 1. The van der Waals surface area contributed by atoms with Crippen molar-refractivity contribution in [3.63, 3.8) is 0 Å². The first-order valence-corrected chi connectivity index (χ1v) is 4.89. The summed E-state index contributed by atoms with van der Waals surface area (Å²) in [6, 6.07) is 3.02. The number of carboxylic acids is 1. The molecule has 0 aliphatic rings. The van der Waals surface area contributed by atoms with E-state index in [1.54, 1.807) is 0 Å². The van der Waals surface area contributed by atoms with Gasteiger partial charge >= 0.3 is 5.97 Å². The summed E-state index contributed by atoms with van der Waals surface area (Å²) in [6.07, 6.45) is 1.46. The van der Waals surface area contributed by atoms with Crippen LogP contribution >= 0.6 is 0 Å². The fourth-order valence-corrected chi connectivity index (χ4v) is 1.09. The predicted octanol–water partition coefficient (Wildman–Crippen LogP) is -0.306. The van der Waals surface area contributed by atoms with Gasteiger partial charge in [0.05, 0.1) is 6.61 Å². The second-order valence-electron chi connectivity index (χ2n) is 3.17. The van der Waals surface area contributed by atoms with Crippen LogP contribution in [0, 0.1) is 0 Å². The molecule has 0 saturated carbocycles. The number of nitrogens with two attached hydrogens (primary N) is 1. The number of carboxylic acid groups (broad SMARTS) is 1. The molecule has 7 heteroatoms. The number of aromatic nitrogens is 1. The first-order valence-electron chi connectivity index (χ1n) is 4.89. The van der Waals surface area contributed by atoms with Gasteiger partial charge in [0.2, 0.25) is 5.91 Å². The molecule has 0 fully saturated rings. The molecular formula is C10H13N3O4. The molecule has 1 aromatic rings. The predicted molar refractivity (Wildman–Crippen MR) is 59.7 cm³/mol. The Bertz CT molecular complexity index is 408. The monoisotopic (exact) mass is 239 g/mol. The van der Waals surface area contributed by atoms with Crippen molar-refractivity contribution in [2.24, 2.45) is 5.73 Å². The maximum atomic E-state index is 10.9. The number of nitrogens with one attached hydrogen (secondary N) is 1. The van der Waals surface area contributed by atoms with Crippen molar-refractivity contribution in [1.29, 1.82) is 0 Å². The minimum Gasteiger partial charge on any atom is -0.480 e. The van der Waals surface area contributed by atoms with Crippen molar-refractivity contribution in [3.8, 4) is 0 Å². The average Bonchev–Trinajstić information content (AvgIpc) is 2.28. The lowest BCUT2D eigenvalue weighted by Crippen LogP contribution is -2.15. The number of primary amides is 1. The third-order valence-electron chi connectivity index (χ3n) is 1.82. The van der Waals surface area contributed by atoms with E-state index in [4.69, 9.17) is 15.6 Å². The summed E-state index contributed by atoms with van der Waals surface area (Å²) >= 11 is 0. The van der Waals surface area contributed by atoms with Gasteiger partial charge in [0.15, 0.2) is 0 Å². The van der Waals surface area contributed by atoms with E-state index >= 15 is 0 Å². The van der Waals surface area contributed by atoms with E-state index in [1.165, 1.54) is 18.3 Å². The van der Waals surface area contributed by atoms with E-state index in [2.05, 4.69) is 10.3 Å². The molecule has 1 amide bonds. The van der Waals surface area contributed by atoms with Crippen LogP contribution in [-0.2, 0) is 9.53 Å². The van der Waals surface area contributed by atoms with Gasteiger partial charge < -0.3 is 20.9 Å². The Kier molecular flexibility index (Phi) is 4.89. The highest BCUT2D eigenvalue weighted by molar-refractivity contribution is 5.93. The molecule has 0 radical (unpaired) electrons. The Balaban J connectivity index is 2.34. The van der Waals surface area contributed by atoms with Gasteiger partial charge in [0.25, 0.3) is 0 Å². The SMILES string of the molecule is NC(=O)c1ccnc(NCCOCC(=O)O)c1. The van der Waals surface area contributed by atoms with Crippen LogP contribution < -0.4 is 11.1 Å². The van der Waals surface area contributed by atoms with Crippen LogP contribution in [-0.4, -0.2) is 41.7 Å². The van der Waals surface area contributed by atoms with Crippen molar-refractivity contribution < 1.29 is 19.4 Å². The Morgan fingerprint density at radius 3 is 2.94 bits per heavy atom. The van der Waals surface area contributed by atoms with Crippen molar-refractivity contribution in [2.45, 2.75) is 0 Å². The number of ether oxygens (including phenoxy) is 1. The molecule has 92 valence electrons. The van der Waals surface area contributed by atoms with Gasteiger partial charge in [-0.3, -0.25) is 4.79 Å². The van der Waals surface area contributed by atoms with Gasteiger partial charge in [-0.1, -0.05) is 0 Å². The zero-order chi connectivity index (χ0) is 12.7. The molecule has 0 atom stereocenters. The number of hydrogen-bond acceptors (Lipinski definition) is 5. The lowest BCUT2D eigenvalue weighted by Gasteiger charge is -2.06. The Hall–Kier alpha value is -2.15. The number of nitrogens with zero attached hydrogens (tertiary/aromatic N) is 1. The van der Waals surface area contributed by atoms with Gasteiger partial charge in [0, 0.05) is 18.3 Å². The van der Waals surface area contributed by atoms with E-state index in [1.807, 2.05) is 0 Å². The lowest BCUT2D eigenvalue weighted by molar-refractivity contribution is -0.142. The third kappa shape index (κ3) is 4.94. The van der Waals surface area contributed by atoms with E-state index in [0.29, 0.717) is 17.9 Å². The number of amides is 1. The average molecular weight is 239 g/mol. The molecule has 17 heavy (non-hydrogen) atoms. The molecule has 0 saturated heterocycles. The highest BCUT2D eigenvalue weighted by Crippen LogP contribution is 2.05. The Morgan fingerprint density at radius 2 is 2.29 bits per heavy atom. The van der Waals surface area contributed by atoms with Gasteiger partial charge in [-0.25, -0.2) is 9.78 Å². The van der Waals surface area contributed by atoms with Crippen molar-refractivity contribution in [2.75, 3.05) is 25.1 Å². The molecule has 4 N–H and O–H groups in total. The highest BCUT2D eigenvalue weighted by Gasteiger charge is 2.02. The van der Waals surface area contributed by atoms with Crippen LogP contribution in [0.1, 0.15) is 10.4 Å². The molecule has 7 nitrogen and oxygen atoms in total. The minimum atomic E-state index is -1.01. The molecular weight excluding hydrogens is 226 g/mol. The topological polar surface area (TPSA) is 115 Å². The maximum Gasteiger partial charge on any atom is 0.329 e. The van der Waals surface area contributed by atoms with Gasteiger partial charge in [0.1, 0.15) is 12.4 Å². The van der Waals surface area contributed by atoms with Gasteiger partial charge in [-0.05, 0) is 12.1 Å². The number of rotatable bonds is 7. The van der Waals surface area contributed by atoms with Crippen LogP contribution in [0.15, 0.2) is 18.3 Å². The molecule has 0 aliphatic carbocycles. The number of pyridine rings is 1. The normalized spacial score (nSPS) is 9.88. The fourth-order valence-electron chi connectivity index (χ4n) is 1.09. The quantitative estimate of drug-likeness (QED) is 0.562.